The van der Waals surface area contributed by atoms with E-state index in [0.29, 0.717) is 33.5 Å². The second kappa shape index (κ2) is 10.2. The molecule has 2 aromatic carbocycles. The summed E-state index contributed by atoms with van der Waals surface area (Å²) >= 11 is 3.14. The highest BCUT2D eigenvalue weighted by Crippen LogP contribution is 2.35. The van der Waals surface area contributed by atoms with Crippen LogP contribution in [-0.4, -0.2) is 59.2 Å². The van der Waals surface area contributed by atoms with Crippen LogP contribution in [0.4, 0.5) is 21.6 Å². The molecular weight excluding hydrogens is 485 g/mol. The normalized spacial score (nSPS) is 14.4. The average molecular weight is 506 g/mol. The van der Waals surface area contributed by atoms with Gasteiger partial charge in [0.2, 0.25) is 0 Å². The number of ether oxygens (including phenoxy) is 2. The number of rotatable bonds is 8. The minimum Gasteiger partial charge on any atom is -0.487 e. The zero-order valence-corrected chi connectivity index (χ0v) is 18.7. The lowest BCUT2D eigenvalue weighted by atomic mass is 10.2. The smallest absolute Gasteiger partial charge is 0.311 e. The number of nitro benzene ring substituents is 1. The zero-order valence-electron chi connectivity index (χ0n) is 17.1. The van der Waals surface area contributed by atoms with Gasteiger partial charge in [0.25, 0.3) is 0 Å². The van der Waals surface area contributed by atoms with E-state index < -0.39 is 10.7 Å². The van der Waals surface area contributed by atoms with E-state index in [1.54, 1.807) is 18.2 Å². The van der Waals surface area contributed by atoms with Gasteiger partial charge < -0.3 is 14.8 Å². The van der Waals surface area contributed by atoms with Gasteiger partial charge in [-0.15, -0.1) is 0 Å². The van der Waals surface area contributed by atoms with Gasteiger partial charge in [-0.25, -0.2) is 14.4 Å². The van der Waals surface area contributed by atoms with Crippen molar-refractivity contribution >= 4 is 44.0 Å². The average Bonchev–Trinajstić information content (AvgIpc) is 2.79. The van der Waals surface area contributed by atoms with Crippen LogP contribution in [0.1, 0.15) is 6.42 Å². The van der Waals surface area contributed by atoms with Crippen molar-refractivity contribution in [1.82, 2.24) is 14.9 Å². The molecule has 2 heterocycles. The highest BCUT2D eigenvalue weighted by molar-refractivity contribution is 9.10. The molecule has 1 N–H and O–H groups in total. The second-order valence-corrected chi connectivity index (χ2v) is 8.08. The number of hydrogen-bond donors (Lipinski definition) is 1. The van der Waals surface area contributed by atoms with Gasteiger partial charge in [0.15, 0.2) is 5.75 Å². The Morgan fingerprint density at radius 1 is 1.25 bits per heavy atom. The molecule has 1 fully saturated rings. The third kappa shape index (κ3) is 5.29. The Morgan fingerprint density at radius 2 is 2.06 bits per heavy atom. The largest absolute Gasteiger partial charge is 0.487 e. The molecule has 3 aromatic rings. The van der Waals surface area contributed by atoms with Crippen LogP contribution in [0.5, 0.6) is 5.75 Å². The van der Waals surface area contributed by atoms with Gasteiger partial charge >= 0.3 is 5.69 Å². The van der Waals surface area contributed by atoms with Crippen LogP contribution in [0.3, 0.4) is 0 Å². The number of morpholine rings is 1. The predicted molar refractivity (Wildman–Crippen MR) is 121 cm³/mol. The number of nitro groups is 1. The lowest BCUT2D eigenvalue weighted by molar-refractivity contribution is -0.385. The molecule has 1 saturated heterocycles. The summed E-state index contributed by atoms with van der Waals surface area (Å²) in [4.78, 5) is 21.9. The standard InChI is InChI=1S/C21H21BrFN5O4/c22-16-10-14(2-3-17(16)23)26-21-15-11-19(28(29)30)20(12-18(15)24-13-25-21)32-7-1-4-27-5-8-31-9-6-27/h2-3,10-13H,1,4-9H2,(H,24,25,26). The molecule has 4 rings (SSSR count). The van der Waals surface area contributed by atoms with Crippen LogP contribution >= 0.6 is 15.9 Å². The molecule has 0 saturated carbocycles. The van der Waals surface area contributed by atoms with Crippen molar-refractivity contribution in [3.05, 3.63) is 57.1 Å². The molecule has 0 bridgehead atoms. The van der Waals surface area contributed by atoms with Gasteiger partial charge in [-0.05, 0) is 40.5 Å². The molecule has 1 aliphatic rings. The monoisotopic (exact) mass is 505 g/mol. The zero-order chi connectivity index (χ0) is 22.5. The van der Waals surface area contributed by atoms with Crippen molar-refractivity contribution in [3.8, 4) is 5.75 Å². The van der Waals surface area contributed by atoms with Crippen molar-refractivity contribution in [3.63, 3.8) is 0 Å². The van der Waals surface area contributed by atoms with Crippen molar-refractivity contribution in [2.45, 2.75) is 6.42 Å². The first-order valence-electron chi connectivity index (χ1n) is 10.1. The number of halogens is 2. The van der Waals surface area contributed by atoms with Gasteiger partial charge in [0, 0.05) is 37.5 Å². The third-order valence-corrected chi connectivity index (χ3v) is 5.68. The summed E-state index contributed by atoms with van der Waals surface area (Å²) in [6.45, 7) is 4.41. The van der Waals surface area contributed by atoms with Gasteiger partial charge in [0.05, 0.1) is 40.1 Å². The third-order valence-electron chi connectivity index (χ3n) is 5.08. The predicted octanol–water partition coefficient (Wildman–Crippen LogP) is 4.28. The number of aromatic nitrogens is 2. The van der Waals surface area contributed by atoms with Crippen molar-refractivity contribution < 1.29 is 18.8 Å². The van der Waals surface area contributed by atoms with Crippen LogP contribution in [0, 0.1) is 15.9 Å². The minimum absolute atomic E-state index is 0.165. The van der Waals surface area contributed by atoms with E-state index in [9.17, 15) is 14.5 Å². The molecule has 0 amide bonds. The molecule has 0 aliphatic carbocycles. The molecule has 0 radical (unpaired) electrons. The van der Waals surface area contributed by atoms with E-state index in [4.69, 9.17) is 9.47 Å². The highest BCUT2D eigenvalue weighted by atomic mass is 79.9. The summed E-state index contributed by atoms with van der Waals surface area (Å²) in [6.07, 6.45) is 2.10. The summed E-state index contributed by atoms with van der Waals surface area (Å²) in [6, 6.07) is 7.36. The van der Waals surface area contributed by atoms with Gasteiger partial charge in [-0.2, -0.15) is 0 Å². The first-order chi connectivity index (χ1) is 15.5. The number of fused-ring (bicyclic) bond motifs is 1. The molecule has 0 spiro atoms. The van der Waals surface area contributed by atoms with E-state index in [1.807, 2.05) is 0 Å². The summed E-state index contributed by atoms with van der Waals surface area (Å²) < 4.78 is 24.9. The fourth-order valence-corrected chi connectivity index (χ4v) is 3.81. The van der Waals surface area contributed by atoms with E-state index in [-0.39, 0.29) is 11.4 Å². The maximum Gasteiger partial charge on any atom is 0.311 e. The molecule has 0 unspecified atom stereocenters. The van der Waals surface area contributed by atoms with Crippen molar-refractivity contribution in [2.75, 3.05) is 44.8 Å². The van der Waals surface area contributed by atoms with Gasteiger partial charge in [-0.3, -0.25) is 15.0 Å². The van der Waals surface area contributed by atoms with Crippen LogP contribution < -0.4 is 10.1 Å². The molecule has 1 aliphatic heterocycles. The molecule has 0 atom stereocenters. The van der Waals surface area contributed by atoms with Crippen molar-refractivity contribution in [1.29, 1.82) is 0 Å². The Bertz CT molecular complexity index is 1130. The number of hydrogen-bond acceptors (Lipinski definition) is 8. The van der Waals surface area contributed by atoms with Crippen LogP contribution in [-0.2, 0) is 4.74 Å². The van der Waals surface area contributed by atoms with Gasteiger partial charge in [0.1, 0.15) is 18.0 Å². The summed E-state index contributed by atoms with van der Waals surface area (Å²) in [5.41, 5.74) is 0.906. The van der Waals surface area contributed by atoms with Crippen LogP contribution in [0.2, 0.25) is 0 Å². The quantitative estimate of drug-likeness (QED) is 0.274. The molecule has 9 nitrogen and oxygen atoms in total. The van der Waals surface area contributed by atoms with Gasteiger partial charge in [-0.1, -0.05) is 0 Å². The Morgan fingerprint density at radius 3 is 2.81 bits per heavy atom. The summed E-state index contributed by atoms with van der Waals surface area (Å²) in [7, 11) is 0. The maximum absolute atomic E-state index is 13.5. The number of nitrogens with one attached hydrogen (secondary N) is 1. The van der Waals surface area contributed by atoms with E-state index in [1.165, 1.54) is 18.5 Å². The SMILES string of the molecule is O=[N+]([O-])c1cc2c(Nc3ccc(F)c(Br)c3)ncnc2cc1OCCCN1CCOCC1. The summed E-state index contributed by atoms with van der Waals surface area (Å²) in [5, 5.41) is 15.2. The first kappa shape index (κ1) is 22.3. The molecule has 168 valence electrons. The number of anilines is 2. The number of nitrogens with zero attached hydrogens (tertiary/aromatic N) is 4. The molecule has 1 aromatic heterocycles. The first-order valence-corrected chi connectivity index (χ1v) is 10.9. The fourth-order valence-electron chi connectivity index (χ4n) is 3.44. The second-order valence-electron chi connectivity index (χ2n) is 7.23. The van der Waals surface area contributed by atoms with E-state index in [0.717, 1.165) is 39.3 Å². The highest BCUT2D eigenvalue weighted by Gasteiger charge is 2.20. The molecule has 11 heteroatoms. The fraction of sp³-hybridized carbons (Fsp3) is 0.333. The maximum atomic E-state index is 13.5. The van der Waals surface area contributed by atoms with Crippen molar-refractivity contribution in [2.24, 2.45) is 0 Å². The summed E-state index contributed by atoms with van der Waals surface area (Å²) in [5.74, 6) is 0.142. The topological polar surface area (TPSA) is 103 Å². The molecule has 32 heavy (non-hydrogen) atoms. The van der Waals surface area contributed by atoms with E-state index in [2.05, 4.69) is 36.1 Å². The Kier molecular flexibility index (Phi) is 7.08. The Labute approximate surface area is 191 Å². The van der Waals surface area contributed by atoms with Crippen LogP contribution in [0.15, 0.2) is 41.1 Å². The molecular formula is C21H21BrFN5O4. The lowest BCUT2D eigenvalue weighted by Gasteiger charge is -2.26. The van der Waals surface area contributed by atoms with E-state index >= 15 is 0 Å². The van der Waals surface area contributed by atoms with Crippen LogP contribution in [0.25, 0.3) is 10.9 Å². The Balaban J connectivity index is 1.53. The Hall–Kier alpha value is -2.89. The minimum atomic E-state index is -0.484. The lowest BCUT2D eigenvalue weighted by Crippen LogP contribution is -2.37. The number of benzene rings is 2.